The molecule has 0 aliphatic rings. The summed E-state index contributed by atoms with van der Waals surface area (Å²) in [7, 11) is 0. The largest absolute Gasteiger partial charge is 0.493 e. The summed E-state index contributed by atoms with van der Waals surface area (Å²) in [6, 6.07) is 23.8. The van der Waals surface area contributed by atoms with Gasteiger partial charge in [-0.3, -0.25) is 4.79 Å². The van der Waals surface area contributed by atoms with E-state index in [0.717, 1.165) is 29.2 Å². The van der Waals surface area contributed by atoms with Gasteiger partial charge in [-0.05, 0) is 55.3 Å². The van der Waals surface area contributed by atoms with Crippen molar-refractivity contribution >= 4 is 23.0 Å². The third-order valence-electron chi connectivity index (χ3n) is 4.46. The first-order chi connectivity index (χ1) is 13.6. The third-order valence-corrected chi connectivity index (χ3v) is 4.46. The van der Waals surface area contributed by atoms with Crippen LogP contribution in [0.3, 0.4) is 0 Å². The number of carbonyl (C=O) groups is 1. The zero-order chi connectivity index (χ0) is 19.8. The summed E-state index contributed by atoms with van der Waals surface area (Å²) in [5.74, 6) is 0.703. The summed E-state index contributed by atoms with van der Waals surface area (Å²) in [5.41, 5.74) is 5.06. The van der Waals surface area contributed by atoms with E-state index in [9.17, 15) is 4.79 Å². The Morgan fingerprint density at radius 1 is 0.893 bits per heavy atom. The average molecular weight is 374 g/mol. The van der Waals surface area contributed by atoms with Gasteiger partial charge in [0, 0.05) is 5.69 Å². The number of carbonyl (C=O) groups excluding carboxylic acids is 1. The van der Waals surface area contributed by atoms with Crippen LogP contribution in [-0.4, -0.2) is 12.5 Å². The monoisotopic (exact) mass is 374 g/mol. The molecule has 144 valence electrons. The number of hydrogen-bond acceptors (Lipinski definition) is 3. The number of rotatable bonds is 8. The lowest BCUT2D eigenvalue weighted by Gasteiger charge is -2.13. The molecule has 3 aromatic carbocycles. The molecule has 0 saturated heterocycles. The average Bonchev–Trinajstić information content (AvgIpc) is 2.72. The van der Waals surface area contributed by atoms with Crippen LogP contribution in [0.5, 0.6) is 5.75 Å². The van der Waals surface area contributed by atoms with E-state index in [1.54, 1.807) is 0 Å². The fourth-order valence-electron chi connectivity index (χ4n) is 2.79. The second kappa shape index (κ2) is 9.60. The van der Waals surface area contributed by atoms with Crippen LogP contribution in [0.15, 0.2) is 72.8 Å². The molecule has 0 unspecified atom stereocenters. The number of amides is 1. The van der Waals surface area contributed by atoms with Crippen LogP contribution in [0.2, 0.25) is 0 Å². The lowest BCUT2D eigenvalue weighted by atomic mass is 10.2. The Kier molecular flexibility index (Phi) is 6.68. The van der Waals surface area contributed by atoms with E-state index < -0.39 is 0 Å². The highest BCUT2D eigenvalue weighted by Crippen LogP contribution is 2.25. The Morgan fingerprint density at radius 3 is 2.25 bits per heavy atom. The summed E-state index contributed by atoms with van der Waals surface area (Å²) in [4.78, 5) is 12.3. The molecule has 3 aromatic rings. The van der Waals surface area contributed by atoms with Gasteiger partial charge < -0.3 is 15.4 Å². The van der Waals surface area contributed by atoms with Crippen molar-refractivity contribution in [3.8, 4) is 5.75 Å². The van der Waals surface area contributed by atoms with Crippen molar-refractivity contribution < 1.29 is 9.53 Å². The van der Waals surface area contributed by atoms with Crippen molar-refractivity contribution in [2.45, 2.75) is 26.7 Å². The summed E-state index contributed by atoms with van der Waals surface area (Å²) in [5, 5.41) is 6.32. The Morgan fingerprint density at radius 2 is 1.57 bits per heavy atom. The summed E-state index contributed by atoms with van der Waals surface area (Å²) in [6.45, 7) is 4.51. The fraction of sp³-hybridized carbons (Fsp3) is 0.208. The highest BCUT2D eigenvalue weighted by molar-refractivity contribution is 5.94. The summed E-state index contributed by atoms with van der Waals surface area (Å²) >= 11 is 0. The smallest absolute Gasteiger partial charge is 0.227 e. The first-order valence-electron chi connectivity index (χ1n) is 9.58. The zero-order valence-electron chi connectivity index (χ0n) is 16.4. The standard InChI is InChI=1S/C24H26N2O2/c1-3-19-10-14-21(15-11-19)28-17-16-24(27)26-23-7-5-4-6-22(23)25-20-12-8-18(2)9-13-20/h4-15,25H,3,16-17H2,1-2H3,(H,26,27). The highest BCUT2D eigenvalue weighted by Gasteiger charge is 2.07. The molecule has 1 amide bonds. The molecule has 0 bridgehead atoms. The quantitative estimate of drug-likeness (QED) is 0.531. The molecule has 4 nitrogen and oxygen atoms in total. The Hall–Kier alpha value is -3.27. The first kappa shape index (κ1) is 19.5. The summed E-state index contributed by atoms with van der Waals surface area (Å²) < 4.78 is 5.67. The van der Waals surface area contributed by atoms with E-state index in [1.165, 1.54) is 11.1 Å². The van der Waals surface area contributed by atoms with Gasteiger partial charge in [0.05, 0.1) is 24.4 Å². The minimum absolute atomic E-state index is 0.0802. The maximum absolute atomic E-state index is 12.3. The molecule has 0 atom stereocenters. The Labute approximate surface area is 166 Å². The molecule has 0 radical (unpaired) electrons. The maximum atomic E-state index is 12.3. The number of hydrogen-bond donors (Lipinski definition) is 2. The number of ether oxygens (including phenoxy) is 1. The van der Waals surface area contributed by atoms with Gasteiger partial charge in [0.15, 0.2) is 0 Å². The highest BCUT2D eigenvalue weighted by atomic mass is 16.5. The fourth-order valence-corrected chi connectivity index (χ4v) is 2.79. The minimum atomic E-state index is -0.0802. The molecule has 0 fully saturated rings. The normalized spacial score (nSPS) is 10.4. The van der Waals surface area contributed by atoms with Crippen molar-refractivity contribution in [3.05, 3.63) is 83.9 Å². The molecule has 0 aliphatic heterocycles. The van der Waals surface area contributed by atoms with Gasteiger partial charge in [0.1, 0.15) is 5.75 Å². The van der Waals surface area contributed by atoms with Gasteiger partial charge >= 0.3 is 0 Å². The van der Waals surface area contributed by atoms with E-state index in [-0.39, 0.29) is 12.3 Å². The predicted molar refractivity (Wildman–Crippen MR) is 115 cm³/mol. The molecule has 3 rings (SSSR count). The van der Waals surface area contributed by atoms with Gasteiger partial charge in [-0.1, -0.05) is 48.9 Å². The molecule has 0 aliphatic carbocycles. The van der Waals surface area contributed by atoms with E-state index >= 15 is 0 Å². The molecule has 4 heteroatoms. The molecule has 0 aromatic heterocycles. The van der Waals surface area contributed by atoms with Crippen molar-refractivity contribution in [1.29, 1.82) is 0 Å². The van der Waals surface area contributed by atoms with Crippen LogP contribution in [0, 0.1) is 6.92 Å². The summed E-state index contributed by atoms with van der Waals surface area (Å²) in [6.07, 6.45) is 1.28. The first-order valence-corrected chi connectivity index (χ1v) is 9.58. The van der Waals surface area contributed by atoms with Crippen LogP contribution in [0.4, 0.5) is 17.1 Å². The van der Waals surface area contributed by atoms with E-state index in [2.05, 4.69) is 24.5 Å². The van der Waals surface area contributed by atoms with Gasteiger partial charge in [0.2, 0.25) is 5.91 Å². The van der Waals surface area contributed by atoms with Gasteiger partial charge in [-0.2, -0.15) is 0 Å². The molecule has 2 N–H and O–H groups in total. The second-order valence-electron chi connectivity index (χ2n) is 6.68. The molecule has 28 heavy (non-hydrogen) atoms. The van der Waals surface area contributed by atoms with E-state index in [1.807, 2.05) is 72.8 Å². The number of benzene rings is 3. The predicted octanol–water partition coefficient (Wildman–Crippen LogP) is 5.71. The van der Waals surface area contributed by atoms with Gasteiger partial charge in [-0.15, -0.1) is 0 Å². The lowest BCUT2D eigenvalue weighted by molar-refractivity contribution is -0.116. The number of anilines is 3. The van der Waals surface area contributed by atoms with Crippen LogP contribution < -0.4 is 15.4 Å². The SMILES string of the molecule is CCc1ccc(OCCC(=O)Nc2ccccc2Nc2ccc(C)cc2)cc1. The van der Waals surface area contributed by atoms with Gasteiger partial charge in [0.25, 0.3) is 0 Å². The molecular formula is C24H26N2O2. The maximum Gasteiger partial charge on any atom is 0.227 e. The van der Waals surface area contributed by atoms with E-state index in [4.69, 9.17) is 4.74 Å². The van der Waals surface area contributed by atoms with Crippen molar-refractivity contribution in [3.63, 3.8) is 0 Å². The van der Waals surface area contributed by atoms with Crippen LogP contribution in [-0.2, 0) is 11.2 Å². The van der Waals surface area contributed by atoms with Crippen LogP contribution in [0.25, 0.3) is 0 Å². The van der Waals surface area contributed by atoms with Gasteiger partial charge in [-0.25, -0.2) is 0 Å². The zero-order valence-corrected chi connectivity index (χ0v) is 16.4. The minimum Gasteiger partial charge on any atom is -0.493 e. The van der Waals surface area contributed by atoms with Crippen molar-refractivity contribution in [2.24, 2.45) is 0 Å². The van der Waals surface area contributed by atoms with Crippen LogP contribution >= 0.6 is 0 Å². The molecule has 0 spiro atoms. The van der Waals surface area contributed by atoms with Crippen molar-refractivity contribution in [2.75, 3.05) is 17.2 Å². The Balaban J connectivity index is 1.54. The van der Waals surface area contributed by atoms with Crippen LogP contribution in [0.1, 0.15) is 24.5 Å². The number of para-hydroxylation sites is 2. The lowest BCUT2D eigenvalue weighted by Crippen LogP contribution is -2.16. The molecule has 0 saturated carbocycles. The molecule has 0 heterocycles. The second-order valence-corrected chi connectivity index (χ2v) is 6.68. The Bertz CT molecular complexity index is 903. The van der Waals surface area contributed by atoms with Crippen molar-refractivity contribution in [1.82, 2.24) is 0 Å². The number of nitrogens with one attached hydrogen (secondary N) is 2. The third kappa shape index (κ3) is 5.61. The molecular weight excluding hydrogens is 348 g/mol. The number of aryl methyl sites for hydroxylation is 2. The topological polar surface area (TPSA) is 50.4 Å². The van der Waals surface area contributed by atoms with E-state index in [0.29, 0.717) is 6.61 Å².